The Morgan fingerprint density at radius 1 is 1.12 bits per heavy atom. The van der Waals surface area contributed by atoms with Crippen molar-refractivity contribution in [3.05, 3.63) is 0 Å². The molecule has 6 heteroatoms. The largest absolute Gasteiger partial charge is 0.339 e. The summed E-state index contributed by atoms with van der Waals surface area (Å²) in [5.74, 6) is 0. The van der Waals surface area contributed by atoms with Gasteiger partial charge in [-0.1, -0.05) is 11.6 Å². The van der Waals surface area contributed by atoms with Crippen LogP contribution in [0.5, 0.6) is 0 Å². The highest BCUT2D eigenvalue weighted by atomic mass is 79.9. The zero-order valence-corrected chi connectivity index (χ0v) is 8.78. The second-order valence-electron chi connectivity index (χ2n) is 0.996. The molecule has 0 bridgehead atoms. The first-order valence-corrected chi connectivity index (χ1v) is 4.14. The number of halogens is 6. The SMILES string of the molecule is FC(F)(Br)C(Cl)(Br)Br. The van der Waals surface area contributed by atoms with Crippen LogP contribution >= 0.6 is 59.4 Å². The van der Waals surface area contributed by atoms with Crippen LogP contribution in [0.1, 0.15) is 0 Å². The first kappa shape index (κ1) is 9.59. The monoisotopic (exact) mass is 334 g/mol. The van der Waals surface area contributed by atoms with Crippen LogP contribution in [0.15, 0.2) is 0 Å². The van der Waals surface area contributed by atoms with Crippen molar-refractivity contribution in [3.63, 3.8) is 0 Å². The van der Waals surface area contributed by atoms with E-state index in [-0.39, 0.29) is 0 Å². The van der Waals surface area contributed by atoms with Gasteiger partial charge in [-0.2, -0.15) is 8.78 Å². The van der Waals surface area contributed by atoms with E-state index in [2.05, 4.69) is 31.9 Å². The third-order valence-electron chi connectivity index (χ3n) is 0.321. The molecule has 0 fully saturated rings. The summed E-state index contributed by atoms with van der Waals surface area (Å²) < 4.78 is 22.0. The van der Waals surface area contributed by atoms with Crippen molar-refractivity contribution in [2.45, 2.75) is 7.52 Å². The predicted octanol–water partition coefficient (Wildman–Crippen LogP) is 3.66. The molecule has 0 amide bonds. The van der Waals surface area contributed by atoms with Gasteiger partial charge in [-0.05, 0) is 47.8 Å². The van der Waals surface area contributed by atoms with Crippen LogP contribution in [0, 0.1) is 0 Å². The Kier molecular flexibility index (Phi) is 3.21. The van der Waals surface area contributed by atoms with E-state index < -0.39 is 7.52 Å². The molecule has 0 rings (SSSR count). The van der Waals surface area contributed by atoms with Crippen molar-refractivity contribution >= 4 is 59.4 Å². The molecule has 0 unspecified atom stereocenters. The first-order valence-electron chi connectivity index (χ1n) is 1.38. The summed E-state index contributed by atoms with van der Waals surface area (Å²) >= 11 is 12.1. The highest BCUT2D eigenvalue weighted by Crippen LogP contribution is 2.49. The maximum Gasteiger partial charge on any atom is 0.339 e. The maximum atomic E-state index is 11.9. The Labute approximate surface area is 75.3 Å². The third kappa shape index (κ3) is 2.94. The molecule has 0 aliphatic rings. The topological polar surface area (TPSA) is 0 Å². The number of alkyl halides is 6. The maximum absolute atomic E-state index is 11.9. The minimum atomic E-state index is -3.15. The molecular formula is C2Br3ClF2. The zero-order chi connectivity index (χ0) is 7.00. The number of hydrogen-bond acceptors (Lipinski definition) is 0. The van der Waals surface area contributed by atoms with E-state index in [4.69, 9.17) is 11.6 Å². The molecule has 0 N–H and O–H groups in total. The Balaban J connectivity index is 4.02. The molecule has 0 heterocycles. The Bertz CT molecular complexity index is 70.3. The molecule has 0 aromatic carbocycles. The fourth-order valence-electron chi connectivity index (χ4n) is 0. The summed E-state index contributed by atoms with van der Waals surface area (Å²) in [7, 11) is 0. The van der Waals surface area contributed by atoms with E-state index in [1.54, 1.807) is 0 Å². The smallest absolute Gasteiger partial charge is 0.190 e. The Morgan fingerprint density at radius 2 is 1.25 bits per heavy atom. The van der Waals surface area contributed by atoms with E-state index >= 15 is 0 Å². The molecule has 0 atom stereocenters. The number of rotatable bonds is 1. The lowest BCUT2D eigenvalue weighted by molar-refractivity contribution is 0.127. The zero-order valence-electron chi connectivity index (χ0n) is 3.27. The van der Waals surface area contributed by atoms with Crippen molar-refractivity contribution < 1.29 is 8.78 Å². The van der Waals surface area contributed by atoms with E-state index in [1.165, 1.54) is 0 Å². The fourth-order valence-corrected chi connectivity index (χ4v) is 0. The second-order valence-corrected chi connectivity index (χ2v) is 6.91. The summed E-state index contributed by atoms with van der Waals surface area (Å²) in [6, 6.07) is 0. The summed E-state index contributed by atoms with van der Waals surface area (Å²) in [6.07, 6.45) is 0. The lowest BCUT2D eigenvalue weighted by Crippen LogP contribution is -2.24. The molecule has 50 valence electrons. The molecule has 0 nitrogen and oxygen atoms in total. The van der Waals surface area contributed by atoms with Crippen LogP contribution < -0.4 is 0 Å². The van der Waals surface area contributed by atoms with Crippen molar-refractivity contribution in [1.29, 1.82) is 0 Å². The number of hydrogen-bond donors (Lipinski definition) is 0. The van der Waals surface area contributed by atoms with E-state index in [0.717, 1.165) is 0 Å². The fraction of sp³-hybridized carbons (Fsp3) is 1.00. The van der Waals surface area contributed by atoms with Gasteiger partial charge < -0.3 is 0 Å². The minimum Gasteiger partial charge on any atom is -0.190 e. The van der Waals surface area contributed by atoms with Gasteiger partial charge in [-0.3, -0.25) is 0 Å². The van der Waals surface area contributed by atoms with Gasteiger partial charge in [0.2, 0.25) is 2.69 Å². The summed E-state index contributed by atoms with van der Waals surface area (Å²) in [6.45, 7) is 0. The van der Waals surface area contributed by atoms with E-state index in [1.807, 2.05) is 15.9 Å². The van der Waals surface area contributed by atoms with Gasteiger partial charge in [0, 0.05) is 0 Å². The van der Waals surface area contributed by atoms with Crippen LogP contribution in [-0.2, 0) is 0 Å². The van der Waals surface area contributed by atoms with Crippen molar-refractivity contribution in [1.82, 2.24) is 0 Å². The Hall–Kier alpha value is 1.59. The predicted molar refractivity (Wildman–Crippen MR) is 40.3 cm³/mol. The third-order valence-corrected chi connectivity index (χ3v) is 3.44. The summed E-state index contributed by atoms with van der Waals surface area (Å²) in [5.41, 5.74) is 0. The van der Waals surface area contributed by atoms with Crippen molar-refractivity contribution in [3.8, 4) is 0 Å². The van der Waals surface area contributed by atoms with Gasteiger partial charge in [0.25, 0.3) is 0 Å². The van der Waals surface area contributed by atoms with Gasteiger partial charge >= 0.3 is 4.83 Å². The highest BCUT2D eigenvalue weighted by Gasteiger charge is 2.46. The van der Waals surface area contributed by atoms with Crippen LogP contribution in [0.4, 0.5) is 8.78 Å². The standard InChI is InChI=1S/C2Br3ClF2/c3-1(4,6)2(5,7)8. The van der Waals surface area contributed by atoms with Crippen molar-refractivity contribution in [2.75, 3.05) is 0 Å². The molecule has 0 aliphatic heterocycles. The van der Waals surface area contributed by atoms with E-state index in [9.17, 15) is 8.78 Å². The quantitative estimate of drug-likeness (QED) is 0.641. The lowest BCUT2D eigenvalue weighted by atomic mass is 10.8. The molecule has 0 spiro atoms. The molecule has 0 aromatic heterocycles. The molecule has 0 saturated carbocycles. The summed E-state index contributed by atoms with van der Waals surface area (Å²) in [4.78, 5) is -3.15. The molecule has 0 radical (unpaired) electrons. The lowest BCUT2D eigenvalue weighted by Gasteiger charge is -2.17. The van der Waals surface area contributed by atoms with Crippen molar-refractivity contribution in [2.24, 2.45) is 0 Å². The van der Waals surface area contributed by atoms with Gasteiger partial charge in [-0.25, -0.2) is 0 Å². The van der Waals surface area contributed by atoms with Crippen LogP contribution in [0.25, 0.3) is 0 Å². The van der Waals surface area contributed by atoms with Gasteiger partial charge in [-0.15, -0.1) is 0 Å². The molecule has 8 heavy (non-hydrogen) atoms. The molecule has 0 aliphatic carbocycles. The minimum absolute atomic E-state index is 1.88. The summed E-state index contributed by atoms with van der Waals surface area (Å²) in [5, 5.41) is 0. The first-order chi connectivity index (χ1) is 3.25. The normalized spacial score (nSPS) is 14.2. The molecule has 0 saturated heterocycles. The average Bonchev–Trinajstić information content (AvgIpc) is 1.25. The molecule has 0 aromatic rings. The van der Waals surface area contributed by atoms with Gasteiger partial charge in [0.15, 0.2) is 0 Å². The van der Waals surface area contributed by atoms with Crippen LogP contribution in [0.2, 0.25) is 0 Å². The van der Waals surface area contributed by atoms with Crippen LogP contribution in [0.3, 0.4) is 0 Å². The van der Waals surface area contributed by atoms with Gasteiger partial charge in [0.1, 0.15) is 0 Å². The second kappa shape index (κ2) is 2.68. The Morgan fingerprint density at radius 3 is 1.25 bits per heavy atom. The van der Waals surface area contributed by atoms with Crippen LogP contribution in [-0.4, -0.2) is 7.52 Å². The van der Waals surface area contributed by atoms with E-state index in [0.29, 0.717) is 0 Å². The van der Waals surface area contributed by atoms with Gasteiger partial charge in [0.05, 0.1) is 0 Å². The molecular weight excluding hydrogens is 337 g/mol. The average molecular weight is 337 g/mol. The highest BCUT2D eigenvalue weighted by molar-refractivity contribution is 9.27.